The van der Waals surface area contributed by atoms with Crippen LogP contribution < -0.4 is 9.62 Å². The molecule has 3 rings (SSSR count). The fourth-order valence-corrected chi connectivity index (χ4v) is 4.11. The molecule has 136 valence electrons. The van der Waals surface area contributed by atoms with Crippen molar-refractivity contribution >= 4 is 15.8 Å². The number of aryl methyl sites for hydroxylation is 1. The topological polar surface area (TPSA) is 93.0 Å². The molecule has 2 atom stereocenters. The molecule has 0 bridgehead atoms. The van der Waals surface area contributed by atoms with Gasteiger partial charge in [-0.05, 0) is 24.8 Å². The molecule has 1 saturated heterocycles. The first-order valence-corrected chi connectivity index (χ1v) is 10.2. The highest BCUT2D eigenvalue weighted by molar-refractivity contribution is 7.88. The maximum Gasteiger partial charge on any atom is 0.209 e. The van der Waals surface area contributed by atoms with E-state index >= 15 is 0 Å². The van der Waals surface area contributed by atoms with E-state index in [-0.39, 0.29) is 12.0 Å². The molecule has 2 unspecified atom stereocenters. The molecule has 0 aromatic carbocycles. The zero-order chi connectivity index (χ0) is 18.2. The van der Waals surface area contributed by atoms with Gasteiger partial charge < -0.3 is 4.90 Å². The Morgan fingerprint density at radius 3 is 2.56 bits per heavy atom. The van der Waals surface area contributed by atoms with Gasteiger partial charge in [0.05, 0.1) is 6.26 Å². The van der Waals surface area contributed by atoms with Crippen LogP contribution in [0.4, 0.5) is 5.82 Å². The van der Waals surface area contributed by atoms with Crippen LogP contribution in [0.2, 0.25) is 0 Å². The Balaban J connectivity index is 1.89. The van der Waals surface area contributed by atoms with Crippen molar-refractivity contribution in [2.45, 2.75) is 26.8 Å². The molecular weight excluding hydrogens is 340 g/mol. The molecule has 0 saturated carbocycles. The zero-order valence-corrected chi connectivity index (χ0v) is 15.7. The Morgan fingerprint density at radius 2 is 1.96 bits per heavy atom. The molecule has 1 aliphatic heterocycles. The van der Waals surface area contributed by atoms with Gasteiger partial charge in [0, 0.05) is 37.6 Å². The van der Waals surface area contributed by atoms with Crippen molar-refractivity contribution in [3.05, 3.63) is 30.4 Å². The van der Waals surface area contributed by atoms with E-state index in [1.54, 1.807) is 10.9 Å². The third kappa shape index (κ3) is 4.16. The van der Waals surface area contributed by atoms with Crippen molar-refractivity contribution < 1.29 is 8.42 Å². The van der Waals surface area contributed by atoms with Crippen LogP contribution in [0.3, 0.4) is 0 Å². The maximum absolute atomic E-state index is 11.7. The zero-order valence-electron chi connectivity index (χ0n) is 14.9. The van der Waals surface area contributed by atoms with E-state index in [0.717, 1.165) is 12.4 Å². The van der Waals surface area contributed by atoms with E-state index in [1.807, 2.05) is 25.3 Å². The second-order valence-electron chi connectivity index (χ2n) is 6.89. The second-order valence-corrected chi connectivity index (χ2v) is 8.67. The number of aromatic nitrogens is 4. The van der Waals surface area contributed by atoms with Crippen LogP contribution >= 0.6 is 0 Å². The van der Waals surface area contributed by atoms with Gasteiger partial charge in [-0.25, -0.2) is 27.8 Å². The monoisotopic (exact) mass is 364 g/mol. The van der Waals surface area contributed by atoms with Gasteiger partial charge in [-0.1, -0.05) is 13.8 Å². The lowest BCUT2D eigenvalue weighted by Gasteiger charge is -2.21. The molecule has 3 heterocycles. The fourth-order valence-electron chi connectivity index (χ4n) is 3.31. The molecule has 0 aliphatic carbocycles. The fraction of sp³-hybridized carbons (Fsp3) is 0.562. The van der Waals surface area contributed by atoms with Gasteiger partial charge in [0.15, 0.2) is 5.82 Å². The van der Waals surface area contributed by atoms with Crippen molar-refractivity contribution in [2.75, 3.05) is 24.2 Å². The third-order valence-corrected chi connectivity index (χ3v) is 5.19. The summed E-state index contributed by atoms with van der Waals surface area (Å²) in [5, 5.41) is 4.22. The predicted octanol–water partition coefficient (Wildman–Crippen LogP) is 0.981. The normalized spacial score (nSPS) is 21.2. The number of hydrogen-bond acceptors (Lipinski definition) is 6. The molecule has 9 heteroatoms. The van der Waals surface area contributed by atoms with Crippen LogP contribution in [-0.2, 0) is 10.0 Å². The van der Waals surface area contributed by atoms with Crippen LogP contribution in [0.1, 0.15) is 19.7 Å². The first-order valence-electron chi connectivity index (χ1n) is 8.31. The minimum atomic E-state index is -3.25. The quantitative estimate of drug-likeness (QED) is 0.850. The number of sulfonamides is 1. The summed E-state index contributed by atoms with van der Waals surface area (Å²) in [4.78, 5) is 11.1. The summed E-state index contributed by atoms with van der Waals surface area (Å²) in [7, 11) is -3.25. The summed E-state index contributed by atoms with van der Waals surface area (Å²) in [5.41, 5.74) is 0. The average Bonchev–Trinajstić information content (AvgIpc) is 3.14. The Hall–Kier alpha value is -2.00. The Kier molecular flexibility index (Phi) is 4.79. The summed E-state index contributed by atoms with van der Waals surface area (Å²) in [6.07, 6.45) is 4.74. The van der Waals surface area contributed by atoms with E-state index < -0.39 is 10.0 Å². The molecular formula is C16H24N6O2S. The first kappa shape index (κ1) is 17.8. The van der Waals surface area contributed by atoms with Gasteiger partial charge in [-0.3, -0.25) is 0 Å². The van der Waals surface area contributed by atoms with Crippen LogP contribution in [0.15, 0.2) is 24.5 Å². The summed E-state index contributed by atoms with van der Waals surface area (Å²) < 4.78 is 27.9. The van der Waals surface area contributed by atoms with Crippen molar-refractivity contribution in [3.8, 4) is 5.82 Å². The number of rotatable bonds is 5. The molecule has 0 amide bonds. The minimum Gasteiger partial charge on any atom is -0.354 e. The second kappa shape index (κ2) is 6.72. The van der Waals surface area contributed by atoms with E-state index in [0.29, 0.717) is 24.1 Å². The van der Waals surface area contributed by atoms with E-state index in [4.69, 9.17) is 0 Å². The van der Waals surface area contributed by atoms with E-state index in [9.17, 15) is 8.42 Å². The Bertz CT molecular complexity index is 834. The van der Waals surface area contributed by atoms with E-state index in [2.05, 4.69) is 38.5 Å². The van der Waals surface area contributed by atoms with Crippen LogP contribution in [-0.4, -0.2) is 53.6 Å². The van der Waals surface area contributed by atoms with Crippen molar-refractivity contribution in [3.63, 3.8) is 0 Å². The predicted molar refractivity (Wildman–Crippen MR) is 96.2 cm³/mol. The van der Waals surface area contributed by atoms with Gasteiger partial charge in [0.25, 0.3) is 0 Å². The summed E-state index contributed by atoms with van der Waals surface area (Å²) in [6.45, 7) is 7.42. The third-order valence-electron chi connectivity index (χ3n) is 4.46. The van der Waals surface area contributed by atoms with Crippen molar-refractivity contribution in [2.24, 2.45) is 11.8 Å². The highest BCUT2D eigenvalue weighted by Crippen LogP contribution is 2.29. The molecule has 8 nitrogen and oxygen atoms in total. The standard InChI is InChI=1S/C16H24N6O2S/c1-11(2)13-9-21(10-14(13)20-25(4,23)24)15-8-16(19-12(3)18-15)22-7-5-6-17-22/h5-8,11,13-14,20H,9-10H2,1-4H3. The summed E-state index contributed by atoms with van der Waals surface area (Å²) in [6, 6.07) is 3.60. The number of hydrogen-bond donors (Lipinski definition) is 1. The van der Waals surface area contributed by atoms with Gasteiger partial charge in [0.2, 0.25) is 10.0 Å². The molecule has 1 N–H and O–H groups in total. The molecule has 0 spiro atoms. The lowest BCUT2D eigenvalue weighted by molar-refractivity contribution is 0.365. The van der Waals surface area contributed by atoms with Gasteiger partial charge in [0.1, 0.15) is 11.6 Å². The molecule has 2 aromatic rings. The van der Waals surface area contributed by atoms with Gasteiger partial charge >= 0.3 is 0 Å². The Labute approximate surface area is 148 Å². The number of nitrogens with zero attached hydrogens (tertiary/aromatic N) is 5. The molecule has 1 aliphatic rings. The van der Waals surface area contributed by atoms with Crippen LogP contribution in [0.5, 0.6) is 0 Å². The smallest absolute Gasteiger partial charge is 0.209 e. The molecule has 2 aromatic heterocycles. The Morgan fingerprint density at radius 1 is 1.24 bits per heavy atom. The van der Waals surface area contributed by atoms with Gasteiger partial charge in [-0.15, -0.1) is 0 Å². The maximum atomic E-state index is 11.7. The van der Waals surface area contributed by atoms with Crippen LogP contribution in [0, 0.1) is 18.8 Å². The molecule has 1 fully saturated rings. The van der Waals surface area contributed by atoms with Crippen molar-refractivity contribution in [1.29, 1.82) is 0 Å². The average molecular weight is 364 g/mol. The minimum absolute atomic E-state index is 0.126. The van der Waals surface area contributed by atoms with E-state index in [1.165, 1.54) is 6.26 Å². The van der Waals surface area contributed by atoms with Crippen molar-refractivity contribution in [1.82, 2.24) is 24.5 Å². The highest BCUT2D eigenvalue weighted by Gasteiger charge is 2.37. The largest absolute Gasteiger partial charge is 0.354 e. The number of nitrogens with one attached hydrogen (secondary N) is 1. The summed E-state index contributed by atoms with van der Waals surface area (Å²) in [5.74, 6) is 2.73. The first-order chi connectivity index (χ1) is 11.7. The summed E-state index contributed by atoms with van der Waals surface area (Å²) >= 11 is 0. The van der Waals surface area contributed by atoms with Gasteiger partial charge in [-0.2, -0.15) is 5.10 Å². The lowest BCUT2D eigenvalue weighted by atomic mass is 9.92. The molecule has 0 radical (unpaired) electrons. The van der Waals surface area contributed by atoms with Crippen LogP contribution in [0.25, 0.3) is 5.82 Å². The SMILES string of the molecule is Cc1nc(N2CC(NS(C)(=O)=O)C(C(C)C)C2)cc(-n2cccn2)n1. The molecule has 25 heavy (non-hydrogen) atoms. The number of anilines is 1. The highest BCUT2D eigenvalue weighted by atomic mass is 32.2. The lowest BCUT2D eigenvalue weighted by Crippen LogP contribution is -2.41.